The van der Waals surface area contributed by atoms with Gasteiger partial charge in [-0.15, -0.1) is 0 Å². The molecule has 1 saturated heterocycles. The normalized spacial score (nSPS) is 23.8. The van der Waals surface area contributed by atoms with Gasteiger partial charge in [0.05, 0.1) is 13.7 Å². The van der Waals surface area contributed by atoms with Gasteiger partial charge in [0.15, 0.2) is 5.79 Å². The third-order valence-electron chi connectivity index (χ3n) is 8.14. The van der Waals surface area contributed by atoms with Gasteiger partial charge >= 0.3 is 0 Å². The SMILES string of the molecule is COCCN(C)C1(C2(C)CC2)N=C(N2CCC(c3ccccc3OC)CC2)c2ccccc2N1. The second kappa shape index (κ2) is 9.23. The van der Waals surface area contributed by atoms with E-state index < -0.39 is 5.79 Å². The highest BCUT2D eigenvalue weighted by Crippen LogP contribution is 2.57. The molecule has 182 valence electrons. The summed E-state index contributed by atoms with van der Waals surface area (Å²) in [6.07, 6.45) is 4.54. The smallest absolute Gasteiger partial charge is 0.194 e. The van der Waals surface area contributed by atoms with Crippen molar-refractivity contribution in [3.05, 3.63) is 59.7 Å². The highest BCUT2D eigenvalue weighted by atomic mass is 16.5. The van der Waals surface area contributed by atoms with Crippen molar-refractivity contribution in [1.29, 1.82) is 0 Å². The third kappa shape index (κ3) is 3.97. The number of nitrogens with zero attached hydrogens (tertiary/aromatic N) is 3. The molecule has 0 spiro atoms. The van der Waals surface area contributed by atoms with Crippen molar-refractivity contribution in [1.82, 2.24) is 9.80 Å². The Morgan fingerprint density at radius 1 is 1.06 bits per heavy atom. The summed E-state index contributed by atoms with van der Waals surface area (Å²) in [4.78, 5) is 10.4. The molecule has 1 atom stereocenters. The molecule has 3 aliphatic rings. The van der Waals surface area contributed by atoms with Crippen molar-refractivity contribution in [3.63, 3.8) is 0 Å². The molecule has 5 rings (SSSR count). The Hall–Kier alpha value is -2.57. The van der Waals surface area contributed by atoms with E-state index in [2.05, 4.69) is 77.6 Å². The summed E-state index contributed by atoms with van der Waals surface area (Å²) < 4.78 is 11.1. The molecule has 1 N–H and O–H groups in total. The number of likely N-dealkylation sites (tertiary alicyclic amines) is 1. The zero-order valence-electron chi connectivity index (χ0n) is 21.0. The van der Waals surface area contributed by atoms with Gasteiger partial charge in [0, 0.05) is 43.4 Å². The van der Waals surface area contributed by atoms with Crippen LogP contribution in [0.5, 0.6) is 5.75 Å². The standard InChI is InChI=1S/C28H38N4O2/c1-27(15-16-27)28(31(2)19-20-33-3)29-24-11-7-5-10-23(24)26(30-28)32-17-13-21(14-18-32)22-9-6-8-12-25(22)34-4/h5-12,21,29H,13-20H2,1-4H3. The predicted molar refractivity (Wildman–Crippen MR) is 138 cm³/mol. The number of nitrogens with one attached hydrogen (secondary N) is 1. The fourth-order valence-electron chi connectivity index (χ4n) is 5.72. The van der Waals surface area contributed by atoms with Crippen molar-refractivity contribution >= 4 is 11.5 Å². The first kappa shape index (κ1) is 23.2. The van der Waals surface area contributed by atoms with Crippen molar-refractivity contribution in [2.24, 2.45) is 10.4 Å². The number of para-hydroxylation sites is 2. The quantitative estimate of drug-likeness (QED) is 0.642. The summed E-state index contributed by atoms with van der Waals surface area (Å²) in [6.45, 7) is 5.86. The van der Waals surface area contributed by atoms with E-state index in [4.69, 9.17) is 14.5 Å². The Kier molecular flexibility index (Phi) is 6.30. The summed E-state index contributed by atoms with van der Waals surface area (Å²) >= 11 is 0. The van der Waals surface area contributed by atoms with E-state index in [9.17, 15) is 0 Å². The van der Waals surface area contributed by atoms with Crippen molar-refractivity contribution in [2.75, 3.05) is 52.8 Å². The van der Waals surface area contributed by atoms with Gasteiger partial charge in [-0.25, -0.2) is 4.99 Å². The predicted octanol–water partition coefficient (Wildman–Crippen LogP) is 4.78. The van der Waals surface area contributed by atoms with E-state index in [0.717, 1.165) is 44.1 Å². The highest BCUT2D eigenvalue weighted by Gasteiger charge is 2.60. The summed E-state index contributed by atoms with van der Waals surface area (Å²) in [5, 5.41) is 3.88. The Labute approximate surface area is 204 Å². The van der Waals surface area contributed by atoms with Gasteiger partial charge in [-0.2, -0.15) is 0 Å². The van der Waals surface area contributed by atoms with Gasteiger partial charge in [0.1, 0.15) is 11.6 Å². The number of ether oxygens (including phenoxy) is 2. The lowest BCUT2D eigenvalue weighted by atomic mass is 9.88. The number of rotatable bonds is 7. The number of fused-ring (bicyclic) bond motifs is 1. The van der Waals surface area contributed by atoms with Crippen molar-refractivity contribution < 1.29 is 9.47 Å². The monoisotopic (exact) mass is 462 g/mol. The summed E-state index contributed by atoms with van der Waals surface area (Å²) in [7, 11) is 5.72. The molecule has 0 aromatic heterocycles. The molecule has 0 amide bonds. The molecular formula is C28H38N4O2. The van der Waals surface area contributed by atoms with E-state index in [-0.39, 0.29) is 5.41 Å². The van der Waals surface area contributed by atoms with E-state index in [1.54, 1.807) is 14.2 Å². The van der Waals surface area contributed by atoms with Crippen LogP contribution in [0.25, 0.3) is 0 Å². The van der Waals surface area contributed by atoms with Crippen LogP contribution < -0.4 is 10.1 Å². The molecule has 6 heteroatoms. The number of anilines is 1. The second-order valence-electron chi connectivity index (χ2n) is 10.3. The maximum Gasteiger partial charge on any atom is 0.194 e. The minimum atomic E-state index is -0.464. The van der Waals surface area contributed by atoms with Gasteiger partial charge in [-0.1, -0.05) is 37.3 Å². The Balaban J connectivity index is 1.46. The first-order valence-corrected chi connectivity index (χ1v) is 12.6. The largest absolute Gasteiger partial charge is 0.496 e. The molecule has 2 aromatic carbocycles. The van der Waals surface area contributed by atoms with E-state index in [0.29, 0.717) is 12.5 Å². The molecule has 2 aromatic rings. The number of hydrogen-bond acceptors (Lipinski definition) is 6. The fourth-order valence-corrected chi connectivity index (χ4v) is 5.72. The van der Waals surface area contributed by atoms with E-state index in [1.807, 2.05) is 0 Å². The lowest BCUT2D eigenvalue weighted by Crippen LogP contribution is -2.61. The molecule has 2 heterocycles. The first-order chi connectivity index (χ1) is 16.5. The lowest BCUT2D eigenvalue weighted by molar-refractivity contribution is 0.0524. The first-order valence-electron chi connectivity index (χ1n) is 12.6. The summed E-state index contributed by atoms with van der Waals surface area (Å²) in [5.74, 6) is 2.19. The maximum atomic E-state index is 5.66. The topological polar surface area (TPSA) is 49.3 Å². The average Bonchev–Trinajstić information content (AvgIpc) is 3.65. The molecule has 1 aliphatic carbocycles. The average molecular weight is 463 g/mol. The number of likely N-dealkylation sites (N-methyl/N-ethyl adjacent to an activating group) is 1. The van der Waals surface area contributed by atoms with Crippen LogP contribution in [0, 0.1) is 5.41 Å². The summed E-state index contributed by atoms with van der Waals surface area (Å²) in [5.41, 5.74) is 3.82. The van der Waals surface area contributed by atoms with Crippen molar-refractivity contribution in [2.45, 2.75) is 44.3 Å². The van der Waals surface area contributed by atoms with E-state index in [1.165, 1.54) is 29.7 Å². The molecule has 1 unspecified atom stereocenters. The molecule has 2 fully saturated rings. The fraction of sp³-hybridized carbons (Fsp3) is 0.536. The third-order valence-corrected chi connectivity index (χ3v) is 8.14. The molecule has 2 aliphatic heterocycles. The van der Waals surface area contributed by atoms with Gasteiger partial charge in [0.2, 0.25) is 0 Å². The Morgan fingerprint density at radius 3 is 2.47 bits per heavy atom. The van der Waals surface area contributed by atoms with Gasteiger partial charge in [0.25, 0.3) is 0 Å². The summed E-state index contributed by atoms with van der Waals surface area (Å²) in [6, 6.07) is 17.1. The van der Waals surface area contributed by atoms with E-state index >= 15 is 0 Å². The van der Waals surface area contributed by atoms with Crippen LogP contribution in [-0.4, -0.2) is 68.9 Å². The molecular weight excluding hydrogens is 424 g/mol. The zero-order chi connectivity index (χ0) is 23.8. The lowest BCUT2D eigenvalue weighted by Gasteiger charge is -2.49. The number of benzene rings is 2. The second-order valence-corrected chi connectivity index (χ2v) is 10.3. The Bertz CT molecular complexity index is 1040. The zero-order valence-corrected chi connectivity index (χ0v) is 21.0. The molecule has 0 radical (unpaired) electrons. The van der Waals surface area contributed by atoms with Gasteiger partial charge in [-0.05, 0) is 62.4 Å². The number of methoxy groups -OCH3 is 2. The van der Waals surface area contributed by atoms with Crippen LogP contribution in [0.1, 0.15) is 49.7 Å². The number of amidine groups is 1. The number of hydrogen-bond donors (Lipinski definition) is 1. The Morgan fingerprint density at radius 2 is 1.76 bits per heavy atom. The van der Waals surface area contributed by atoms with Crippen LogP contribution in [-0.2, 0) is 4.74 Å². The van der Waals surface area contributed by atoms with Crippen LogP contribution in [0.2, 0.25) is 0 Å². The van der Waals surface area contributed by atoms with Crippen molar-refractivity contribution in [3.8, 4) is 5.75 Å². The number of piperidine rings is 1. The molecule has 0 bridgehead atoms. The van der Waals surface area contributed by atoms with Gasteiger partial charge < -0.3 is 19.7 Å². The maximum absolute atomic E-state index is 5.66. The van der Waals surface area contributed by atoms with Crippen LogP contribution in [0.3, 0.4) is 0 Å². The highest BCUT2D eigenvalue weighted by molar-refractivity contribution is 6.05. The minimum Gasteiger partial charge on any atom is -0.496 e. The number of aliphatic imine (C=N–C) groups is 1. The van der Waals surface area contributed by atoms with Gasteiger partial charge in [-0.3, -0.25) is 4.90 Å². The molecule has 34 heavy (non-hydrogen) atoms. The van der Waals surface area contributed by atoms with Crippen LogP contribution >= 0.6 is 0 Å². The molecule has 1 saturated carbocycles. The van der Waals surface area contributed by atoms with Crippen LogP contribution in [0.15, 0.2) is 53.5 Å². The van der Waals surface area contributed by atoms with Crippen LogP contribution in [0.4, 0.5) is 5.69 Å². The molecule has 6 nitrogen and oxygen atoms in total. The minimum absolute atomic E-state index is 0.101.